The van der Waals surface area contributed by atoms with Crippen LogP contribution in [-0.2, 0) is 9.53 Å². The van der Waals surface area contributed by atoms with Crippen LogP contribution in [-0.4, -0.2) is 48.9 Å². The standard InChI is InChI=1S/C9H17NO3S/c1-13-5-8(11)4-10-9(12)7-2-3-14-6-7/h7-8,11H,2-6H2,1H3,(H,10,12). The molecule has 1 fully saturated rings. The molecule has 1 aliphatic rings. The molecule has 0 aromatic carbocycles. The third kappa shape index (κ3) is 3.86. The molecule has 2 N–H and O–H groups in total. The molecule has 4 nitrogen and oxygen atoms in total. The van der Waals surface area contributed by atoms with Gasteiger partial charge in [0, 0.05) is 25.3 Å². The lowest BCUT2D eigenvalue weighted by atomic mass is 10.1. The quantitative estimate of drug-likeness (QED) is 0.676. The molecule has 2 atom stereocenters. The first-order chi connectivity index (χ1) is 6.74. The summed E-state index contributed by atoms with van der Waals surface area (Å²) in [5.74, 6) is 2.17. The molecule has 14 heavy (non-hydrogen) atoms. The van der Waals surface area contributed by atoms with Crippen LogP contribution in [0.25, 0.3) is 0 Å². The van der Waals surface area contributed by atoms with Gasteiger partial charge in [0.1, 0.15) is 0 Å². The molecule has 0 saturated carbocycles. The maximum Gasteiger partial charge on any atom is 0.224 e. The van der Waals surface area contributed by atoms with Crippen molar-refractivity contribution in [2.24, 2.45) is 5.92 Å². The summed E-state index contributed by atoms with van der Waals surface area (Å²) < 4.78 is 4.76. The lowest BCUT2D eigenvalue weighted by Gasteiger charge is -2.13. The topological polar surface area (TPSA) is 58.6 Å². The first-order valence-corrected chi connectivity index (χ1v) is 5.92. The van der Waals surface area contributed by atoms with E-state index in [9.17, 15) is 9.90 Å². The number of aliphatic hydroxyl groups is 1. The van der Waals surface area contributed by atoms with Gasteiger partial charge in [-0.3, -0.25) is 4.79 Å². The van der Waals surface area contributed by atoms with Gasteiger partial charge in [0.2, 0.25) is 5.91 Å². The number of thioether (sulfide) groups is 1. The van der Waals surface area contributed by atoms with E-state index in [0.29, 0.717) is 0 Å². The van der Waals surface area contributed by atoms with Gasteiger partial charge >= 0.3 is 0 Å². The molecule has 0 aromatic rings. The van der Waals surface area contributed by atoms with E-state index >= 15 is 0 Å². The minimum atomic E-state index is -0.599. The Hall–Kier alpha value is -0.260. The Morgan fingerprint density at radius 3 is 3.14 bits per heavy atom. The van der Waals surface area contributed by atoms with Gasteiger partial charge in [-0.15, -0.1) is 0 Å². The molecule has 1 heterocycles. The summed E-state index contributed by atoms with van der Waals surface area (Å²) in [7, 11) is 1.53. The Morgan fingerprint density at radius 1 is 1.79 bits per heavy atom. The monoisotopic (exact) mass is 219 g/mol. The van der Waals surface area contributed by atoms with Crippen molar-refractivity contribution >= 4 is 17.7 Å². The molecule has 1 rings (SSSR count). The van der Waals surface area contributed by atoms with Crippen molar-refractivity contribution in [1.29, 1.82) is 0 Å². The first-order valence-electron chi connectivity index (χ1n) is 4.76. The molecule has 1 saturated heterocycles. The van der Waals surface area contributed by atoms with Crippen LogP contribution in [0.5, 0.6) is 0 Å². The Labute approximate surface area is 88.4 Å². The van der Waals surface area contributed by atoms with Crippen LogP contribution < -0.4 is 5.32 Å². The third-order valence-electron chi connectivity index (χ3n) is 2.17. The van der Waals surface area contributed by atoms with Gasteiger partial charge in [-0.1, -0.05) is 0 Å². The van der Waals surface area contributed by atoms with Gasteiger partial charge in [-0.25, -0.2) is 0 Å². The highest BCUT2D eigenvalue weighted by Gasteiger charge is 2.23. The van der Waals surface area contributed by atoms with E-state index in [-0.39, 0.29) is 25.0 Å². The molecular weight excluding hydrogens is 202 g/mol. The molecule has 82 valence electrons. The average Bonchev–Trinajstić information content (AvgIpc) is 2.67. The Morgan fingerprint density at radius 2 is 2.57 bits per heavy atom. The molecule has 0 aliphatic carbocycles. The van der Waals surface area contributed by atoms with Crippen LogP contribution in [0, 0.1) is 5.92 Å². The van der Waals surface area contributed by atoms with Gasteiger partial charge in [0.05, 0.1) is 12.7 Å². The lowest BCUT2D eigenvalue weighted by molar-refractivity contribution is -0.124. The molecule has 1 aliphatic heterocycles. The summed E-state index contributed by atoms with van der Waals surface area (Å²) >= 11 is 1.81. The van der Waals surface area contributed by atoms with Crippen molar-refractivity contribution in [3.05, 3.63) is 0 Å². The smallest absolute Gasteiger partial charge is 0.224 e. The highest BCUT2D eigenvalue weighted by atomic mass is 32.2. The fourth-order valence-electron chi connectivity index (χ4n) is 1.36. The summed E-state index contributed by atoms with van der Waals surface area (Å²) in [4.78, 5) is 11.5. The number of hydrogen-bond donors (Lipinski definition) is 2. The van der Waals surface area contributed by atoms with E-state index in [1.54, 1.807) is 0 Å². The fourth-order valence-corrected chi connectivity index (χ4v) is 2.58. The van der Waals surface area contributed by atoms with Crippen molar-refractivity contribution < 1.29 is 14.6 Å². The van der Waals surface area contributed by atoms with Crippen molar-refractivity contribution in [3.8, 4) is 0 Å². The molecule has 2 unspecified atom stereocenters. The molecule has 0 spiro atoms. The zero-order valence-corrected chi connectivity index (χ0v) is 9.18. The largest absolute Gasteiger partial charge is 0.389 e. The Balaban J connectivity index is 2.13. The van der Waals surface area contributed by atoms with Crippen molar-refractivity contribution in [3.63, 3.8) is 0 Å². The van der Waals surface area contributed by atoms with Gasteiger partial charge in [-0.05, 0) is 12.2 Å². The number of ether oxygens (including phenoxy) is 1. The number of aliphatic hydroxyl groups excluding tert-OH is 1. The number of nitrogens with one attached hydrogen (secondary N) is 1. The lowest BCUT2D eigenvalue weighted by Crippen LogP contribution is -2.37. The number of methoxy groups -OCH3 is 1. The SMILES string of the molecule is COCC(O)CNC(=O)C1CCSC1. The summed E-state index contributed by atoms with van der Waals surface area (Å²) in [6, 6.07) is 0. The average molecular weight is 219 g/mol. The zero-order valence-electron chi connectivity index (χ0n) is 8.36. The van der Waals surface area contributed by atoms with Crippen molar-refractivity contribution in [2.45, 2.75) is 12.5 Å². The number of hydrogen-bond acceptors (Lipinski definition) is 4. The second-order valence-electron chi connectivity index (χ2n) is 3.41. The van der Waals surface area contributed by atoms with E-state index in [1.807, 2.05) is 11.8 Å². The third-order valence-corrected chi connectivity index (χ3v) is 3.33. The number of amides is 1. The molecule has 0 radical (unpaired) electrons. The predicted molar refractivity (Wildman–Crippen MR) is 56.3 cm³/mol. The zero-order chi connectivity index (χ0) is 10.4. The predicted octanol–water partition coefficient (Wildman–Crippen LogP) is -0.137. The van der Waals surface area contributed by atoms with E-state index < -0.39 is 6.10 Å². The summed E-state index contributed by atoms with van der Waals surface area (Å²) in [6.07, 6.45) is 0.356. The minimum absolute atomic E-state index is 0.0603. The van der Waals surface area contributed by atoms with Crippen molar-refractivity contribution in [1.82, 2.24) is 5.32 Å². The van der Waals surface area contributed by atoms with E-state index in [1.165, 1.54) is 7.11 Å². The van der Waals surface area contributed by atoms with Crippen LogP contribution in [0.2, 0.25) is 0 Å². The molecule has 5 heteroatoms. The summed E-state index contributed by atoms with van der Waals surface area (Å²) in [5.41, 5.74) is 0. The Bertz CT molecular complexity index is 183. The molecule has 1 amide bonds. The van der Waals surface area contributed by atoms with Gasteiger partial charge in [0.15, 0.2) is 0 Å². The number of carbonyl (C=O) groups is 1. The highest BCUT2D eigenvalue weighted by Crippen LogP contribution is 2.23. The second-order valence-corrected chi connectivity index (χ2v) is 4.56. The van der Waals surface area contributed by atoms with Crippen molar-refractivity contribution in [2.75, 3.05) is 31.8 Å². The second kappa shape index (κ2) is 6.27. The van der Waals surface area contributed by atoms with E-state index in [2.05, 4.69) is 5.32 Å². The van der Waals surface area contributed by atoms with Crippen LogP contribution in [0.15, 0.2) is 0 Å². The van der Waals surface area contributed by atoms with Crippen LogP contribution >= 0.6 is 11.8 Å². The van der Waals surface area contributed by atoms with E-state index in [0.717, 1.165) is 17.9 Å². The van der Waals surface area contributed by atoms with Gasteiger partial charge < -0.3 is 15.2 Å². The summed E-state index contributed by atoms with van der Waals surface area (Å²) in [5, 5.41) is 12.0. The molecular formula is C9H17NO3S. The number of carbonyl (C=O) groups excluding carboxylic acids is 1. The van der Waals surface area contributed by atoms with Crippen LogP contribution in [0.4, 0.5) is 0 Å². The maximum absolute atomic E-state index is 11.5. The maximum atomic E-state index is 11.5. The first kappa shape index (κ1) is 11.8. The van der Waals surface area contributed by atoms with Gasteiger partial charge in [0.25, 0.3) is 0 Å². The van der Waals surface area contributed by atoms with Crippen LogP contribution in [0.3, 0.4) is 0 Å². The minimum Gasteiger partial charge on any atom is -0.389 e. The van der Waals surface area contributed by atoms with Crippen LogP contribution in [0.1, 0.15) is 6.42 Å². The van der Waals surface area contributed by atoms with E-state index in [4.69, 9.17) is 4.74 Å². The number of rotatable bonds is 5. The molecule has 0 aromatic heterocycles. The fraction of sp³-hybridized carbons (Fsp3) is 0.889. The Kier molecular flexibility index (Phi) is 5.29. The molecule has 0 bridgehead atoms. The highest BCUT2D eigenvalue weighted by molar-refractivity contribution is 7.99. The van der Waals surface area contributed by atoms with Gasteiger partial charge in [-0.2, -0.15) is 11.8 Å². The normalized spacial score (nSPS) is 23.4. The summed E-state index contributed by atoms with van der Waals surface area (Å²) in [6.45, 7) is 0.549.